The molecular formula is C11H2BrF3N4. The van der Waals surface area contributed by atoms with Gasteiger partial charge < -0.3 is 5.32 Å². The molecule has 0 aliphatic carbocycles. The molecule has 0 aromatic heterocycles. The van der Waals surface area contributed by atoms with Crippen molar-refractivity contribution in [2.45, 2.75) is 0 Å². The van der Waals surface area contributed by atoms with Crippen molar-refractivity contribution < 1.29 is 13.2 Å². The van der Waals surface area contributed by atoms with Crippen molar-refractivity contribution in [2.24, 2.45) is 0 Å². The fraction of sp³-hybridized carbons (Fsp3) is 0. The number of nitriles is 3. The van der Waals surface area contributed by atoms with Gasteiger partial charge in [0.2, 0.25) is 0 Å². The summed E-state index contributed by atoms with van der Waals surface area (Å²) in [6.07, 6.45) is 0. The Morgan fingerprint density at radius 3 is 2.11 bits per heavy atom. The molecule has 0 spiro atoms. The Kier molecular flexibility index (Phi) is 4.52. The van der Waals surface area contributed by atoms with E-state index in [-0.39, 0.29) is 0 Å². The number of allylic oxidation sites excluding steroid dienone is 2. The first kappa shape index (κ1) is 14.6. The van der Waals surface area contributed by atoms with Crippen molar-refractivity contribution in [2.75, 3.05) is 5.32 Å². The lowest BCUT2D eigenvalue weighted by Gasteiger charge is -2.08. The third-order valence-corrected chi connectivity index (χ3v) is 2.64. The monoisotopic (exact) mass is 326 g/mol. The minimum atomic E-state index is -1.42. The normalized spacial score (nSPS) is 8.89. The van der Waals surface area contributed by atoms with Gasteiger partial charge in [-0.15, -0.1) is 0 Å². The van der Waals surface area contributed by atoms with E-state index in [1.54, 1.807) is 0 Å². The Bertz CT molecular complexity index is 676. The number of benzene rings is 1. The first-order valence-electron chi connectivity index (χ1n) is 4.50. The van der Waals surface area contributed by atoms with Crippen LogP contribution in [0.25, 0.3) is 0 Å². The van der Waals surface area contributed by atoms with Gasteiger partial charge in [-0.05, 0) is 15.9 Å². The molecule has 1 aromatic carbocycles. The van der Waals surface area contributed by atoms with E-state index in [1.807, 2.05) is 0 Å². The topological polar surface area (TPSA) is 83.4 Å². The van der Waals surface area contributed by atoms with E-state index in [9.17, 15) is 13.2 Å². The van der Waals surface area contributed by atoms with Crippen molar-refractivity contribution in [3.8, 4) is 18.2 Å². The lowest BCUT2D eigenvalue weighted by atomic mass is 10.2. The highest BCUT2D eigenvalue weighted by Crippen LogP contribution is 2.29. The van der Waals surface area contributed by atoms with E-state index in [0.717, 1.165) is 0 Å². The average molecular weight is 327 g/mol. The maximum atomic E-state index is 13.6. The van der Waals surface area contributed by atoms with Crippen LogP contribution < -0.4 is 5.32 Å². The lowest BCUT2D eigenvalue weighted by molar-refractivity contribution is 0.489. The first-order chi connectivity index (χ1) is 8.96. The minimum Gasteiger partial charge on any atom is -0.343 e. The van der Waals surface area contributed by atoms with Crippen LogP contribution in [-0.2, 0) is 0 Å². The van der Waals surface area contributed by atoms with Gasteiger partial charge in [-0.25, -0.2) is 13.2 Å². The lowest BCUT2D eigenvalue weighted by Crippen LogP contribution is -2.05. The van der Waals surface area contributed by atoms with Crippen LogP contribution >= 0.6 is 15.9 Å². The fourth-order valence-electron chi connectivity index (χ4n) is 1.08. The van der Waals surface area contributed by atoms with Crippen molar-refractivity contribution in [3.63, 3.8) is 0 Å². The van der Waals surface area contributed by atoms with Crippen LogP contribution in [0.5, 0.6) is 0 Å². The third kappa shape index (κ3) is 2.85. The van der Waals surface area contributed by atoms with E-state index in [4.69, 9.17) is 15.8 Å². The molecule has 0 saturated heterocycles. The Balaban J connectivity index is 3.38. The summed E-state index contributed by atoms with van der Waals surface area (Å²) in [7, 11) is 0. The highest BCUT2D eigenvalue weighted by atomic mass is 79.9. The molecule has 1 N–H and O–H groups in total. The van der Waals surface area contributed by atoms with Crippen LogP contribution in [-0.4, -0.2) is 0 Å². The van der Waals surface area contributed by atoms with Gasteiger partial charge in [-0.2, -0.15) is 15.8 Å². The Hall–Kier alpha value is -2.50. The first-order valence-corrected chi connectivity index (χ1v) is 5.30. The summed E-state index contributed by atoms with van der Waals surface area (Å²) in [5.41, 5.74) is -1.75. The molecule has 0 bridgehead atoms. The molecule has 1 rings (SSSR count). The smallest absolute Gasteiger partial charge is 0.176 e. The second-order valence-electron chi connectivity index (χ2n) is 3.06. The summed E-state index contributed by atoms with van der Waals surface area (Å²) in [6, 6.07) is 4.76. The van der Waals surface area contributed by atoms with Crippen molar-refractivity contribution in [1.82, 2.24) is 0 Å². The second-order valence-corrected chi connectivity index (χ2v) is 3.85. The van der Waals surface area contributed by atoms with Gasteiger partial charge in [0.1, 0.15) is 23.9 Å². The maximum Gasteiger partial charge on any atom is 0.176 e. The van der Waals surface area contributed by atoms with E-state index >= 15 is 0 Å². The van der Waals surface area contributed by atoms with Gasteiger partial charge in [-0.1, -0.05) is 0 Å². The zero-order valence-corrected chi connectivity index (χ0v) is 10.5. The predicted molar refractivity (Wildman–Crippen MR) is 61.5 cm³/mol. The summed E-state index contributed by atoms with van der Waals surface area (Å²) in [6.45, 7) is 0. The molecule has 0 heterocycles. The summed E-state index contributed by atoms with van der Waals surface area (Å²) < 4.78 is 38.9. The molecule has 0 aliphatic heterocycles. The van der Waals surface area contributed by atoms with E-state index in [0.29, 0.717) is 6.07 Å². The number of hydrogen-bond donors (Lipinski definition) is 1. The van der Waals surface area contributed by atoms with Crippen LogP contribution in [0.1, 0.15) is 0 Å². The molecule has 94 valence electrons. The number of rotatable bonds is 2. The van der Waals surface area contributed by atoms with Crippen molar-refractivity contribution >= 4 is 21.6 Å². The highest BCUT2D eigenvalue weighted by molar-refractivity contribution is 9.10. The van der Waals surface area contributed by atoms with Crippen LogP contribution in [0.15, 0.2) is 21.8 Å². The molecule has 19 heavy (non-hydrogen) atoms. The molecule has 4 nitrogen and oxygen atoms in total. The zero-order valence-electron chi connectivity index (χ0n) is 8.93. The highest BCUT2D eigenvalue weighted by Gasteiger charge is 2.18. The molecule has 0 aliphatic rings. The van der Waals surface area contributed by atoms with E-state index in [2.05, 4.69) is 21.2 Å². The van der Waals surface area contributed by atoms with Crippen LogP contribution in [0.2, 0.25) is 0 Å². The summed E-state index contributed by atoms with van der Waals surface area (Å²) in [5, 5.41) is 27.9. The van der Waals surface area contributed by atoms with Gasteiger partial charge >= 0.3 is 0 Å². The van der Waals surface area contributed by atoms with Gasteiger partial charge in [0.25, 0.3) is 0 Å². The van der Waals surface area contributed by atoms with Crippen LogP contribution in [0.4, 0.5) is 18.9 Å². The SMILES string of the molecule is N#CC(C#N)=C(C#N)Nc1cc(F)c(F)c(Br)c1F. The van der Waals surface area contributed by atoms with Crippen molar-refractivity contribution in [3.05, 3.63) is 39.3 Å². The fourth-order valence-corrected chi connectivity index (χ4v) is 1.48. The maximum absolute atomic E-state index is 13.6. The Labute approximate surface area is 114 Å². The predicted octanol–water partition coefficient (Wildman–Crippen LogP) is 3.10. The van der Waals surface area contributed by atoms with Crippen LogP contribution in [0.3, 0.4) is 0 Å². The van der Waals surface area contributed by atoms with E-state index < -0.39 is 38.9 Å². The number of nitrogens with zero attached hydrogens (tertiary/aromatic N) is 3. The molecule has 0 amide bonds. The molecule has 1 aromatic rings. The largest absolute Gasteiger partial charge is 0.343 e. The molecule has 0 radical (unpaired) electrons. The Morgan fingerprint density at radius 2 is 1.63 bits per heavy atom. The van der Waals surface area contributed by atoms with Gasteiger partial charge in [0.05, 0.1) is 10.2 Å². The molecule has 0 fully saturated rings. The Morgan fingerprint density at radius 1 is 1.05 bits per heavy atom. The van der Waals surface area contributed by atoms with Gasteiger partial charge in [0, 0.05) is 6.07 Å². The molecule has 0 unspecified atom stereocenters. The van der Waals surface area contributed by atoms with E-state index in [1.165, 1.54) is 18.2 Å². The second kappa shape index (κ2) is 5.90. The van der Waals surface area contributed by atoms with Crippen LogP contribution in [0, 0.1) is 51.4 Å². The standard InChI is InChI=1S/C11H2BrF3N4/c12-9-10(14)6(13)1-7(11(9)15)19-8(4-18)5(2-16)3-17/h1,19H. The number of hydrogen-bond acceptors (Lipinski definition) is 4. The molecular weight excluding hydrogens is 325 g/mol. The quantitative estimate of drug-likeness (QED) is 0.514. The number of anilines is 1. The molecule has 0 atom stereocenters. The summed E-state index contributed by atoms with van der Waals surface area (Å²) in [5.74, 6) is -3.98. The molecule has 0 saturated carbocycles. The number of nitrogens with one attached hydrogen (secondary N) is 1. The van der Waals surface area contributed by atoms with Gasteiger partial charge in [-0.3, -0.25) is 0 Å². The zero-order chi connectivity index (χ0) is 14.6. The summed E-state index contributed by atoms with van der Waals surface area (Å²) >= 11 is 2.50. The number of halogens is 4. The third-order valence-electron chi connectivity index (χ3n) is 1.95. The minimum absolute atomic E-state index is 0.471. The van der Waals surface area contributed by atoms with Gasteiger partial charge in [0.15, 0.2) is 23.0 Å². The summed E-state index contributed by atoms with van der Waals surface area (Å²) in [4.78, 5) is 0. The average Bonchev–Trinajstić information content (AvgIpc) is 2.42. The van der Waals surface area contributed by atoms with Crippen molar-refractivity contribution in [1.29, 1.82) is 15.8 Å². The molecule has 8 heteroatoms.